The molecule has 5 nitrogen and oxygen atoms in total. The summed E-state index contributed by atoms with van der Waals surface area (Å²) in [5.41, 5.74) is 0.194. The van der Waals surface area contributed by atoms with E-state index in [0.29, 0.717) is 11.1 Å². The maximum atomic E-state index is 13.1. The molecule has 1 atom stereocenters. The first-order valence-corrected chi connectivity index (χ1v) is 7.83. The molecule has 140 valence electrons. The van der Waals surface area contributed by atoms with E-state index in [-0.39, 0.29) is 11.3 Å². The van der Waals surface area contributed by atoms with E-state index in [0.717, 1.165) is 12.1 Å². The number of hydrogen-bond donors (Lipinski definition) is 0. The second kappa shape index (κ2) is 8.85. The van der Waals surface area contributed by atoms with Crippen LogP contribution in [0.5, 0.6) is 0 Å². The van der Waals surface area contributed by atoms with Crippen molar-refractivity contribution in [2.24, 2.45) is 10.3 Å². The van der Waals surface area contributed by atoms with E-state index >= 15 is 0 Å². The highest BCUT2D eigenvalue weighted by Gasteiger charge is 2.32. The number of rotatable bonds is 6. The first-order valence-electron chi connectivity index (χ1n) is 7.83. The smallest absolute Gasteiger partial charge is 0.398 e. The Kier molecular flexibility index (Phi) is 6.55. The molecule has 0 aliphatic heterocycles. The van der Waals surface area contributed by atoms with Crippen LogP contribution >= 0.6 is 0 Å². The fraction of sp³-hybridized carbons (Fsp3) is 0.211. The van der Waals surface area contributed by atoms with Crippen LogP contribution in [0.3, 0.4) is 0 Å². The van der Waals surface area contributed by atoms with Gasteiger partial charge in [0.15, 0.2) is 11.8 Å². The molecule has 0 aliphatic carbocycles. The maximum absolute atomic E-state index is 13.1. The highest BCUT2D eigenvalue weighted by atomic mass is 19.4. The Morgan fingerprint density at radius 1 is 1.19 bits per heavy atom. The maximum Gasteiger partial charge on any atom is 0.416 e. The quantitative estimate of drug-likeness (QED) is 0.543. The van der Waals surface area contributed by atoms with Crippen molar-refractivity contribution in [3.8, 4) is 6.07 Å². The largest absolute Gasteiger partial charge is 0.416 e. The van der Waals surface area contributed by atoms with Crippen LogP contribution in [0.2, 0.25) is 0 Å². The third-order valence-corrected chi connectivity index (χ3v) is 3.58. The molecule has 0 amide bonds. The first-order chi connectivity index (χ1) is 12.9. The van der Waals surface area contributed by atoms with Crippen molar-refractivity contribution >= 4 is 11.9 Å². The van der Waals surface area contributed by atoms with Crippen LogP contribution < -0.4 is 0 Å². The molecular formula is C19H16F3N3O2. The van der Waals surface area contributed by atoms with Crippen LogP contribution in [-0.4, -0.2) is 19.0 Å². The van der Waals surface area contributed by atoms with Gasteiger partial charge in [0.05, 0.1) is 5.56 Å². The van der Waals surface area contributed by atoms with E-state index in [1.165, 1.54) is 25.5 Å². The van der Waals surface area contributed by atoms with Crippen molar-refractivity contribution in [3.63, 3.8) is 0 Å². The molecule has 0 saturated heterocycles. The fourth-order valence-corrected chi connectivity index (χ4v) is 2.46. The minimum Gasteiger partial charge on any atom is -0.398 e. The first kappa shape index (κ1) is 20.0. The third-order valence-electron chi connectivity index (χ3n) is 3.58. The van der Waals surface area contributed by atoms with Crippen molar-refractivity contribution in [2.75, 3.05) is 7.11 Å². The zero-order chi connectivity index (χ0) is 19.9. The lowest BCUT2D eigenvalue weighted by Crippen LogP contribution is -2.12. The Balaban J connectivity index is 2.63. The van der Waals surface area contributed by atoms with Crippen molar-refractivity contribution < 1.29 is 22.8 Å². The summed E-state index contributed by atoms with van der Waals surface area (Å²) in [5.74, 6) is 0. The summed E-state index contributed by atoms with van der Waals surface area (Å²) in [6.07, 6.45) is -4.10. The Morgan fingerprint density at radius 3 is 2.56 bits per heavy atom. The average molecular weight is 375 g/mol. The number of hydrogen-bond acceptors (Lipinski definition) is 5. The van der Waals surface area contributed by atoms with Gasteiger partial charge < -0.3 is 9.68 Å². The topological polar surface area (TPSA) is 67.0 Å². The average Bonchev–Trinajstić information content (AvgIpc) is 2.66. The van der Waals surface area contributed by atoms with Gasteiger partial charge >= 0.3 is 6.18 Å². The molecule has 8 heteroatoms. The normalized spacial score (nSPS) is 13.3. The Labute approximate surface area is 154 Å². The Bertz CT molecular complexity index is 886. The van der Waals surface area contributed by atoms with Crippen LogP contribution in [0, 0.1) is 11.3 Å². The number of nitrogens with zero attached hydrogens (tertiary/aromatic N) is 3. The summed E-state index contributed by atoms with van der Waals surface area (Å²) in [6, 6.07) is 13.3. The molecule has 2 rings (SSSR count). The van der Waals surface area contributed by atoms with Gasteiger partial charge in [0, 0.05) is 22.9 Å². The van der Waals surface area contributed by atoms with Crippen LogP contribution in [0.4, 0.5) is 13.2 Å². The van der Waals surface area contributed by atoms with E-state index in [1.807, 2.05) is 6.07 Å². The number of oxime groups is 2. The van der Waals surface area contributed by atoms with Crippen LogP contribution in [0.15, 0.2) is 58.8 Å². The summed E-state index contributed by atoms with van der Waals surface area (Å²) in [6.45, 7) is 1.61. The molecule has 0 spiro atoms. The summed E-state index contributed by atoms with van der Waals surface area (Å²) >= 11 is 0. The van der Waals surface area contributed by atoms with Gasteiger partial charge in [-0.3, -0.25) is 0 Å². The number of nitriles is 1. The minimum atomic E-state index is -4.50. The predicted octanol–water partition coefficient (Wildman–Crippen LogP) is 4.69. The van der Waals surface area contributed by atoms with E-state index in [4.69, 9.17) is 4.84 Å². The van der Waals surface area contributed by atoms with E-state index < -0.39 is 17.8 Å². The second-order valence-electron chi connectivity index (χ2n) is 5.29. The van der Waals surface area contributed by atoms with E-state index in [9.17, 15) is 18.4 Å². The monoisotopic (exact) mass is 375 g/mol. The van der Waals surface area contributed by atoms with Gasteiger partial charge in [0.25, 0.3) is 0 Å². The van der Waals surface area contributed by atoms with Gasteiger partial charge in [0.2, 0.25) is 0 Å². The number of halogens is 3. The fourth-order valence-electron chi connectivity index (χ4n) is 2.46. The molecule has 0 aromatic heterocycles. The van der Waals surface area contributed by atoms with Crippen LogP contribution in [0.1, 0.15) is 35.3 Å². The SMILES string of the molecule is CC=NOC(c1cccc(C(F)(F)F)c1)c1ccccc1C(C#N)=NOC. The summed E-state index contributed by atoms with van der Waals surface area (Å²) in [7, 11) is 1.29. The molecular weight excluding hydrogens is 359 g/mol. The highest BCUT2D eigenvalue weighted by molar-refractivity contribution is 6.12. The minimum absolute atomic E-state index is 0.0332. The van der Waals surface area contributed by atoms with Gasteiger partial charge in [-0.05, 0) is 19.1 Å². The molecule has 2 aromatic carbocycles. The molecule has 0 saturated carbocycles. The molecule has 0 bridgehead atoms. The van der Waals surface area contributed by atoms with Gasteiger partial charge in [0.1, 0.15) is 13.2 Å². The zero-order valence-electron chi connectivity index (χ0n) is 14.6. The van der Waals surface area contributed by atoms with E-state index in [1.54, 1.807) is 31.2 Å². The zero-order valence-corrected chi connectivity index (χ0v) is 14.6. The molecule has 0 fully saturated rings. The van der Waals surface area contributed by atoms with E-state index in [2.05, 4.69) is 15.1 Å². The Hall–Kier alpha value is -3.34. The highest BCUT2D eigenvalue weighted by Crippen LogP contribution is 2.34. The molecule has 0 heterocycles. The molecule has 1 unspecified atom stereocenters. The van der Waals surface area contributed by atoms with Crippen LogP contribution in [0.25, 0.3) is 0 Å². The van der Waals surface area contributed by atoms with Crippen molar-refractivity contribution in [1.29, 1.82) is 5.26 Å². The summed E-state index contributed by atoms with van der Waals surface area (Å²) in [4.78, 5) is 10.1. The van der Waals surface area contributed by atoms with Gasteiger partial charge in [-0.25, -0.2) is 0 Å². The lowest BCUT2D eigenvalue weighted by molar-refractivity contribution is -0.137. The second-order valence-corrected chi connectivity index (χ2v) is 5.29. The number of benzene rings is 2. The van der Waals surface area contributed by atoms with Gasteiger partial charge in [-0.1, -0.05) is 46.7 Å². The molecule has 0 radical (unpaired) electrons. The molecule has 27 heavy (non-hydrogen) atoms. The Morgan fingerprint density at radius 2 is 1.93 bits per heavy atom. The standard InChI is InChI=1S/C19H16F3N3O2/c1-3-24-27-18(13-7-6-8-14(11-13)19(20,21)22)16-10-5-4-9-15(16)17(12-23)25-26-2/h3-11,18H,1-2H3. The predicted molar refractivity (Wildman–Crippen MR) is 94.1 cm³/mol. The summed E-state index contributed by atoms with van der Waals surface area (Å²) in [5, 5.41) is 16.7. The summed E-state index contributed by atoms with van der Waals surface area (Å²) < 4.78 is 39.3. The van der Waals surface area contributed by atoms with Crippen molar-refractivity contribution in [2.45, 2.75) is 19.2 Å². The third kappa shape index (κ3) is 4.85. The lowest BCUT2D eigenvalue weighted by atomic mass is 9.93. The number of alkyl halides is 3. The van der Waals surface area contributed by atoms with Crippen LogP contribution in [-0.2, 0) is 15.9 Å². The van der Waals surface area contributed by atoms with Crippen molar-refractivity contribution in [1.82, 2.24) is 0 Å². The molecule has 0 aliphatic rings. The molecule has 2 aromatic rings. The van der Waals surface area contributed by atoms with Gasteiger partial charge in [-0.15, -0.1) is 0 Å². The van der Waals surface area contributed by atoms with Crippen molar-refractivity contribution in [3.05, 3.63) is 70.8 Å². The molecule has 0 N–H and O–H groups in total. The van der Waals surface area contributed by atoms with Gasteiger partial charge in [-0.2, -0.15) is 18.4 Å². The lowest BCUT2D eigenvalue weighted by Gasteiger charge is -2.19.